The molecule has 4 rings (SSSR count). The molecule has 6 nitrogen and oxygen atoms in total. The lowest BCUT2D eigenvalue weighted by Gasteiger charge is -2.21. The number of carboxylic acid groups (broad SMARTS) is 1. The van der Waals surface area contributed by atoms with Gasteiger partial charge in [0.25, 0.3) is 10.0 Å². The molecule has 1 aromatic heterocycles. The van der Waals surface area contributed by atoms with Crippen LogP contribution in [0.15, 0.2) is 10.4 Å². The molecular weight excluding hydrogens is 312 g/mol. The van der Waals surface area contributed by atoms with E-state index in [-0.39, 0.29) is 16.3 Å². The summed E-state index contributed by atoms with van der Waals surface area (Å²) in [7, 11) is -3.60. The number of carbonyl (C=O) groups is 1. The molecule has 3 heterocycles. The largest absolute Gasteiger partial charge is 0.481 e. The van der Waals surface area contributed by atoms with E-state index in [1.54, 1.807) is 0 Å². The lowest BCUT2D eigenvalue weighted by Crippen LogP contribution is -2.37. The van der Waals surface area contributed by atoms with Crippen molar-refractivity contribution < 1.29 is 18.3 Å². The third-order valence-corrected chi connectivity index (χ3v) is 8.33. The van der Waals surface area contributed by atoms with E-state index in [1.807, 2.05) is 0 Å². The van der Waals surface area contributed by atoms with Gasteiger partial charge in [-0.2, -0.15) is 4.31 Å². The summed E-state index contributed by atoms with van der Waals surface area (Å²) in [4.78, 5) is 15.5. The summed E-state index contributed by atoms with van der Waals surface area (Å²) in [5.74, 6) is -1.01. The highest BCUT2D eigenvalue weighted by Gasteiger charge is 2.54. The van der Waals surface area contributed by atoms with Crippen LogP contribution in [0.2, 0.25) is 0 Å². The van der Waals surface area contributed by atoms with Crippen molar-refractivity contribution in [2.45, 2.75) is 54.3 Å². The monoisotopic (exact) mass is 328 g/mol. The molecule has 1 aromatic rings. The number of hydrogen-bond donors (Lipinski definition) is 1. The topological polar surface area (TPSA) is 87.6 Å². The Hall–Kier alpha value is -0.990. The first kappa shape index (κ1) is 13.7. The molecule has 1 aliphatic carbocycles. The molecule has 2 bridgehead atoms. The Bertz CT molecular complexity index is 695. The molecule has 1 saturated carbocycles. The Balaban J connectivity index is 1.66. The van der Waals surface area contributed by atoms with E-state index in [0.717, 1.165) is 24.3 Å². The minimum atomic E-state index is -3.60. The van der Waals surface area contributed by atoms with E-state index in [0.29, 0.717) is 18.8 Å². The quantitative estimate of drug-likeness (QED) is 0.908. The van der Waals surface area contributed by atoms with Gasteiger partial charge in [0.15, 0.2) is 4.21 Å². The summed E-state index contributed by atoms with van der Waals surface area (Å²) < 4.78 is 27.4. The van der Waals surface area contributed by atoms with Crippen LogP contribution in [0, 0.1) is 5.92 Å². The Morgan fingerprint density at radius 1 is 1.33 bits per heavy atom. The van der Waals surface area contributed by atoms with Gasteiger partial charge >= 0.3 is 5.97 Å². The summed E-state index contributed by atoms with van der Waals surface area (Å²) in [6.07, 6.45) is 5.47. The third kappa shape index (κ3) is 2.03. The molecule has 21 heavy (non-hydrogen) atoms. The number of thiazole rings is 1. The molecule has 0 spiro atoms. The van der Waals surface area contributed by atoms with Crippen LogP contribution < -0.4 is 0 Å². The zero-order valence-corrected chi connectivity index (χ0v) is 12.9. The highest BCUT2D eigenvalue weighted by atomic mass is 32.2. The molecule has 114 valence electrons. The van der Waals surface area contributed by atoms with Crippen LogP contribution in [0.1, 0.15) is 43.0 Å². The Kier molecular flexibility index (Phi) is 2.93. The zero-order chi connectivity index (χ0) is 14.8. The van der Waals surface area contributed by atoms with Gasteiger partial charge in [-0.05, 0) is 32.1 Å². The van der Waals surface area contributed by atoms with Crippen LogP contribution in [0.4, 0.5) is 0 Å². The van der Waals surface area contributed by atoms with Gasteiger partial charge < -0.3 is 5.11 Å². The van der Waals surface area contributed by atoms with E-state index in [4.69, 9.17) is 0 Å². The van der Waals surface area contributed by atoms with Gasteiger partial charge in [0, 0.05) is 18.0 Å². The lowest BCUT2D eigenvalue weighted by molar-refractivity contribution is -0.142. The van der Waals surface area contributed by atoms with Crippen LogP contribution in [0.5, 0.6) is 0 Å². The van der Waals surface area contributed by atoms with Gasteiger partial charge in [-0.25, -0.2) is 13.4 Å². The first-order chi connectivity index (χ1) is 9.98. The predicted molar refractivity (Wildman–Crippen MR) is 75.7 cm³/mol. The lowest BCUT2D eigenvalue weighted by atomic mass is 9.89. The highest BCUT2D eigenvalue weighted by Crippen LogP contribution is 2.47. The Morgan fingerprint density at radius 3 is 2.71 bits per heavy atom. The molecule has 0 radical (unpaired) electrons. The van der Waals surface area contributed by atoms with E-state index in [2.05, 4.69) is 4.98 Å². The Morgan fingerprint density at radius 2 is 2.10 bits per heavy atom. The number of carboxylic acids is 1. The molecule has 8 heteroatoms. The van der Waals surface area contributed by atoms with Crippen molar-refractivity contribution in [1.29, 1.82) is 0 Å². The normalized spacial score (nSPS) is 32.7. The van der Waals surface area contributed by atoms with E-state index >= 15 is 0 Å². The number of rotatable bonds is 4. The van der Waals surface area contributed by atoms with Crippen LogP contribution in [-0.4, -0.2) is 40.9 Å². The van der Waals surface area contributed by atoms with Gasteiger partial charge in [0.2, 0.25) is 0 Å². The third-order valence-electron chi connectivity index (χ3n) is 4.75. The fraction of sp³-hybridized carbons (Fsp3) is 0.692. The summed E-state index contributed by atoms with van der Waals surface area (Å²) in [6, 6.07) is -0.545. The van der Waals surface area contributed by atoms with Crippen molar-refractivity contribution in [3.05, 3.63) is 11.2 Å². The van der Waals surface area contributed by atoms with Crippen LogP contribution in [0.25, 0.3) is 0 Å². The van der Waals surface area contributed by atoms with Crippen molar-refractivity contribution in [3.63, 3.8) is 0 Å². The summed E-state index contributed by atoms with van der Waals surface area (Å²) >= 11 is 1.25. The molecule has 0 aromatic carbocycles. The molecule has 3 aliphatic rings. The Labute approximate surface area is 126 Å². The SMILES string of the molecule is O=C(O)C1CC2CCC1N2S(=O)(=O)c1cnc(C2CC2)s1. The van der Waals surface area contributed by atoms with Crippen LogP contribution >= 0.6 is 11.3 Å². The first-order valence-corrected chi connectivity index (χ1v) is 9.46. The van der Waals surface area contributed by atoms with E-state index in [9.17, 15) is 18.3 Å². The molecule has 3 atom stereocenters. The summed E-state index contributed by atoms with van der Waals surface area (Å²) in [5, 5.41) is 10.1. The highest BCUT2D eigenvalue weighted by molar-refractivity contribution is 7.91. The second-order valence-corrected chi connectivity index (χ2v) is 9.24. The summed E-state index contributed by atoms with van der Waals surface area (Å²) in [6.45, 7) is 0. The van der Waals surface area contributed by atoms with Gasteiger partial charge in [-0.15, -0.1) is 11.3 Å². The number of aliphatic carboxylic acids is 1. The minimum Gasteiger partial charge on any atom is -0.481 e. The molecule has 0 amide bonds. The maximum absolute atomic E-state index is 12.8. The average molecular weight is 328 g/mol. The molecular formula is C13H16N2O4S2. The standard InChI is InChI=1S/C13H16N2O4S2/c16-13(17)9-5-8-3-4-10(9)15(8)21(18,19)11-6-14-12(20-11)7-1-2-7/h6-10H,1-5H2,(H,16,17). The molecule has 1 N–H and O–H groups in total. The smallest absolute Gasteiger partial charge is 0.308 e. The minimum absolute atomic E-state index is 0.160. The van der Waals surface area contributed by atoms with Crippen molar-refractivity contribution in [2.75, 3.05) is 0 Å². The number of sulfonamides is 1. The number of fused-ring (bicyclic) bond motifs is 2. The number of aromatic nitrogens is 1. The van der Waals surface area contributed by atoms with Gasteiger partial charge in [-0.1, -0.05) is 0 Å². The predicted octanol–water partition coefficient (Wildman–Crippen LogP) is 1.65. The maximum atomic E-state index is 12.8. The zero-order valence-electron chi connectivity index (χ0n) is 11.3. The van der Waals surface area contributed by atoms with Crippen LogP contribution in [-0.2, 0) is 14.8 Å². The fourth-order valence-corrected chi connectivity index (χ4v) is 6.93. The molecule has 2 aliphatic heterocycles. The van der Waals surface area contributed by atoms with Gasteiger partial charge in [0.1, 0.15) is 0 Å². The molecule has 3 unspecified atom stereocenters. The first-order valence-electron chi connectivity index (χ1n) is 7.20. The summed E-state index contributed by atoms with van der Waals surface area (Å²) in [5.41, 5.74) is 0. The number of hydrogen-bond acceptors (Lipinski definition) is 5. The van der Waals surface area contributed by atoms with Crippen molar-refractivity contribution in [2.24, 2.45) is 5.92 Å². The second kappa shape index (κ2) is 4.50. The molecule has 2 saturated heterocycles. The van der Waals surface area contributed by atoms with Crippen LogP contribution in [0.3, 0.4) is 0 Å². The average Bonchev–Trinajstić information content (AvgIpc) is 2.92. The van der Waals surface area contributed by atoms with Crippen molar-refractivity contribution in [1.82, 2.24) is 9.29 Å². The maximum Gasteiger partial charge on any atom is 0.308 e. The van der Waals surface area contributed by atoms with Gasteiger partial charge in [-0.3, -0.25) is 4.79 Å². The van der Waals surface area contributed by atoms with Gasteiger partial charge in [0.05, 0.1) is 17.1 Å². The number of nitrogens with zero attached hydrogens (tertiary/aromatic N) is 2. The van der Waals surface area contributed by atoms with Crippen molar-refractivity contribution in [3.8, 4) is 0 Å². The second-order valence-electron chi connectivity index (χ2n) is 6.11. The molecule has 3 fully saturated rings. The fourth-order valence-electron chi connectivity index (χ4n) is 3.59. The van der Waals surface area contributed by atoms with E-state index in [1.165, 1.54) is 21.8 Å². The van der Waals surface area contributed by atoms with Crippen molar-refractivity contribution >= 4 is 27.3 Å². The van der Waals surface area contributed by atoms with E-state index < -0.39 is 21.9 Å².